The van der Waals surface area contributed by atoms with Crippen molar-refractivity contribution in [3.63, 3.8) is 0 Å². The third-order valence-electron chi connectivity index (χ3n) is 4.82. The molecule has 1 aliphatic carbocycles. The van der Waals surface area contributed by atoms with Gasteiger partial charge in [0.15, 0.2) is 0 Å². The summed E-state index contributed by atoms with van der Waals surface area (Å²) in [4.78, 5) is 15.4. The third kappa shape index (κ3) is 3.70. The van der Waals surface area contributed by atoms with Crippen molar-refractivity contribution in [2.24, 2.45) is 5.92 Å². The van der Waals surface area contributed by atoms with Crippen molar-refractivity contribution in [1.82, 2.24) is 15.8 Å². The van der Waals surface area contributed by atoms with Gasteiger partial charge in [-0.2, -0.15) is 0 Å². The van der Waals surface area contributed by atoms with Crippen molar-refractivity contribution in [3.8, 4) is 5.75 Å². The first-order valence-corrected chi connectivity index (χ1v) is 8.80. The average Bonchev–Trinajstić information content (AvgIpc) is 3.29. The van der Waals surface area contributed by atoms with E-state index in [1.54, 1.807) is 6.20 Å². The number of aliphatic carboxylic acids is 1. The maximum Gasteiger partial charge on any atom is 0.307 e. The van der Waals surface area contributed by atoms with Crippen LogP contribution in [-0.2, 0) is 11.2 Å². The van der Waals surface area contributed by atoms with Crippen LogP contribution in [0.3, 0.4) is 0 Å². The van der Waals surface area contributed by atoms with Crippen molar-refractivity contribution in [3.05, 3.63) is 65.5 Å². The molecule has 0 bridgehead atoms. The molecule has 4 rings (SSSR count). The summed E-state index contributed by atoms with van der Waals surface area (Å²) in [5, 5.41) is 9.01. The number of ether oxygens (including phenoxy) is 1. The molecular formula is C20H21N3O3. The number of nitrogens with zero attached hydrogens (tertiary/aromatic N) is 1. The van der Waals surface area contributed by atoms with E-state index in [1.165, 1.54) is 5.56 Å². The van der Waals surface area contributed by atoms with E-state index >= 15 is 0 Å². The topological polar surface area (TPSA) is 83.5 Å². The zero-order valence-electron chi connectivity index (χ0n) is 14.3. The smallest absolute Gasteiger partial charge is 0.307 e. The van der Waals surface area contributed by atoms with E-state index in [2.05, 4.69) is 28.0 Å². The summed E-state index contributed by atoms with van der Waals surface area (Å²) in [6.45, 7) is 1.37. The van der Waals surface area contributed by atoms with Crippen LogP contribution in [0, 0.1) is 5.92 Å². The Balaban J connectivity index is 1.26. The van der Waals surface area contributed by atoms with E-state index in [9.17, 15) is 4.79 Å². The van der Waals surface area contributed by atoms with Crippen LogP contribution < -0.4 is 15.6 Å². The summed E-state index contributed by atoms with van der Waals surface area (Å²) in [6.07, 6.45) is 5.33. The summed E-state index contributed by atoms with van der Waals surface area (Å²) in [7, 11) is 0. The molecule has 2 atom stereocenters. The van der Waals surface area contributed by atoms with Crippen LogP contribution in [-0.4, -0.2) is 29.2 Å². The molecule has 0 saturated heterocycles. The van der Waals surface area contributed by atoms with Gasteiger partial charge >= 0.3 is 5.97 Å². The molecule has 0 spiro atoms. The van der Waals surface area contributed by atoms with Crippen LogP contribution in [0.25, 0.3) is 5.70 Å². The number of carbonyl (C=O) groups is 1. The number of benzene rings is 1. The van der Waals surface area contributed by atoms with E-state index in [4.69, 9.17) is 9.84 Å². The predicted molar refractivity (Wildman–Crippen MR) is 97.5 cm³/mol. The lowest BCUT2D eigenvalue weighted by Crippen LogP contribution is -2.23. The number of carboxylic acid groups (broad SMARTS) is 1. The summed E-state index contributed by atoms with van der Waals surface area (Å²) >= 11 is 0. The minimum absolute atomic E-state index is 0.182. The van der Waals surface area contributed by atoms with Crippen LogP contribution >= 0.6 is 0 Å². The lowest BCUT2D eigenvalue weighted by atomic mass is 10.1. The Morgan fingerprint density at radius 2 is 2.08 bits per heavy atom. The van der Waals surface area contributed by atoms with Gasteiger partial charge in [-0.3, -0.25) is 9.78 Å². The van der Waals surface area contributed by atoms with E-state index in [1.807, 2.05) is 30.3 Å². The molecule has 26 heavy (non-hydrogen) atoms. The minimum atomic E-state index is -0.691. The van der Waals surface area contributed by atoms with Gasteiger partial charge in [-0.25, -0.2) is 5.43 Å². The Morgan fingerprint density at radius 1 is 1.23 bits per heavy atom. The first kappa shape index (κ1) is 16.6. The number of hydrazine groups is 1. The molecule has 1 aromatic heterocycles. The fourth-order valence-corrected chi connectivity index (χ4v) is 3.20. The van der Waals surface area contributed by atoms with E-state index in [0.717, 1.165) is 42.1 Å². The molecular weight excluding hydrogens is 330 g/mol. The maximum atomic E-state index is 11.0. The Kier molecular flexibility index (Phi) is 4.58. The van der Waals surface area contributed by atoms with Crippen LogP contribution in [0.15, 0.2) is 48.7 Å². The zero-order chi connectivity index (χ0) is 17.9. The summed E-state index contributed by atoms with van der Waals surface area (Å²) in [5.74, 6) is 0.0373. The molecule has 0 radical (unpaired) electrons. The molecule has 6 heteroatoms. The molecule has 1 fully saturated rings. The van der Waals surface area contributed by atoms with Gasteiger partial charge < -0.3 is 15.3 Å². The standard InChI is InChI=1S/C20H21N3O3/c24-20(25)17-11-16(17)14-3-1-13(2-4-14)8-10-26-15-5-6-18(21-12-15)19-7-9-22-23-19/h1-7,12,16-17,22-23H,8-11H2,(H,24,25). The largest absolute Gasteiger partial charge is 0.492 e. The Labute approximate surface area is 151 Å². The number of aromatic nitrogens is 1. The first-order valence-electron chi connectivity index (χ1n) is 8.80. The molecule has 2 heterocycles. The van der Waals surface area contributed by atoms with Crippen LogP contribution in [0.5, 0.6) is 5.75 Å². The van der Waals surface area contributed by atoms with Crippen molar-refractivity contribution in [2.45, 2.75) is 18.8 Å². The molecule has 2 aliphatic rings. The van der Waals surface area contributed by atoms with Gasteiger partial charge in [-0.1, -0.05) is 24.3 Å². The highest BCUT2D eigenvalue weighted by atomic mass is 16.5. The predicted octanol–water partition coefficient (Wildman–Crippen LogP) is 2.34. The quantitative estimate of drug-likeness (QED) is 0.710. The molecule has 1 saturated carbocycles. The fourth-order valence-electron chi connectivity index (χ4n) is 3.20. The van der Waals surface area contributed by atoms with Gasteiger partial charge in [0.25, 0.3) is 0 Å². The number of rotatable bonds is 7. The molecule has 0 amide bonds. The molecule has 2 aromatic rings. The highest BCUT2D eigenvalue weighted by Gasteiger charge is 2.43. The number of hydrogen-bond donors (Lipinski definition) is 3. The fraction of sp³-hybridized carbons (Fsp3) is 0.300. The second-order valence-electron chi connectivity index (χ2n) is 6.63. The first-order chi connectivity index (χ1) is 12.7. The van der Waals surface area contributed by atoms with Crippen molar-refractivity contribution < 1.29 is 14.6 Å². The third-order valence-corrected chi connectivity index (χ3v) is 4.82. The summed E-state index contributed by atoms with van der Waals surface area (Å²) in [5.41, 5.74) is 10.2. The molecule has 2 unspecified atom stereocenters. The molecule has 134 valence electrons. The second-order valence-corrected chi connectivity index (χ2v) is 6.63. The minimum Gasteiger partial charge on any atom is -0.492 e. The monoisotopic (exact) mass is 351 g/mol. The summed E-state index contributed by atoms with van der Waals surface area (Å²) < 4.78 is 5.77. The highest BCUT2D eigenvalue weighted by molar-refractivity contribution is 5.75. The Hall–Kier alpha value is -2.86. The average molecular weight is 351 g/mol. The Bertz CT molecular complexity index is 815. The van der Waals surface area contributed by atoms with E-state index in [0.29, 0.717) is 6.61 Å². The van der Waals surface area contributed by atoms with E-state index in [-0.39, 0.29) is 11.8 Å². The van der Waals surface area contributed by atoms with Crippen molar-refractivity contribution in [1.29, 1.82) is 0 Å². The SMILES string of the molecule is O=C(O)C1CC1c1ccc(CCOc2ccc(C3=CCNN3)nc2)cc1. The normalized spacial score (nSPS) is 21.0. The van der Waals surface area contributed by atoms with Gasteiger partial charge in [0.1, 0.15) is 5.75 Å². The van der Waals surface area contributed by atoms with Crippen LogP contribution in [0.4, 0.5) is 0 Å². The van der Waals surface area contributed by atoms with E-state index < -0.39 is 5.97 Å². The van der Waals surface area contributed by atoms with Gasteiger partial charge in [0.05, 0.1) is 30.1 Å². The number of nitrogens with one attached hydrogen (secondary N) is 2. The van der Waals surface area contributed by atoms with Gasteiger partial charge in [0.2, 0.25) is 0 Å². The lowest BCUT2D eigenvalue weighted by Gasteiger charge is -2.08. The number of hydrogen-bond acceptors (Lipinski definition) is 5. The van der Waals surface area contributed by atoms with Gasteiger partial charge in [0, 0.05) is 13.0 Å². The van der Waals surface area contributed by atoms with Crippen molar-refractivity contribution in [2.75, 3.05) is 13.2 Å². The molecule has 1 aromatic carbocycles. The Morgan fingerprint density at radius 3 is 2.69 bits per heavy atom. The zero-order valence-corrected chi connectivity index (χ0v) is 14.3. The van der Waals surface area contributed by atoms with Gasteiger partial charge in [-0.15, -0.1) is 0 Å². The number of carboxylic acids is 1. The van der Waals surface area contributed by atoms with Gasteiger partial charge in [-0.05, 0) is 41.7 Å². The van der Waals surface area contributed by atoms with Crippen LogP contribution in [0.1, 0.15) is 29.2 Å². The highest BCUT2D eigenvalue weighted by Crippen LogP contribution is 2.47. The van der Waals surface area contributed by atoms with Crippen molar-refractivity contribution >= 4 is 11.7 Å². The molecule has 3 N–H and O–H groups in total. The van der Waals surface area contributed by atoms with Crippen LogP contribution in [0.2, 0.25) is 0 Å². The molecule has 1 aliphatic heterocycles. The molecule has 6 nitrogen and oxygen atoms in total. The second kappa shape index (κ2) is 7.17. The lowest BCUT2D eigenvalue weighted by molar-refractivity contribution is -0.138. The maximum absolute atomic E-state index is 11.0. The summed E-state index contributed by atoms with van der Waals surface area (Å²) in [6, 6.07) is 12.0. The number of pyridine rings is 1.